The topological polar surface area (TPSA) is 67.3 Å². The molecule has 0 aromatic carbocycles. The fourth-order valence-corrected chi connectivity index (χ4v) is 1.74. The molecule has 1 rings (SSSR count). The molecule has 0 aromatic heterocycles. The molecule has 1 saturated heterocycles. The van der Waals surface area contributed by atoms with Crippen LogP contribution < -0.4 is 17.0 Å². The predicted molar refractivity (Wildman–Crippen MR) is 50.2 cm³/mol. The number of hydrogen-bond donors (Lipinski definition) is 3. The van der Waals surface area contributed by atoms with Crippen LogP contribution in [0.3, 0.4) is 0 Å². The van der Waals surface area contributed by atoms with E-state index in [9.17, 15) is 0 Å². The minimum atomic E-state index is 0.380. The fraction of sp³-hybridized carbons (Fsp3) is 1.00. The summed E-state index contributed by atoms with van der Waals surface area (Å²) >= 11 is 0. The Morgan fingerprint density at radius 3 is 2.92 bits per heavy atom. The largest absolute Gasteiger partial charge is 0.330 e. The van der Waals surface area contributed by atoms with Crippen LogP contribution in [0, 0.1) is 0 Å². The molecule has 0 amide bonds. The van der Waals surface area contributed by atoms with E-state index < -0.39 is 0 Å². The Morgan fingerprint density at radius 2 is 2.25 bits per heavy atom. The highest BCUT2D eigenvalue weighted by atomic mass is 15.4. The van der Waals surface area contributed by atoms with Gasteiger partial charge in [-0.1, -0.05) is 0 Å². The lowest BCUT2D eigenvalue weighted by molar-refractivity contribution is 0.120. The van der Waals surface area contributed by atoms with Crippen molar-refractivity contribution in [3.63, 3.8) is 0 Å². The first kappa shape index (κ1) is 9.92. The van der Waals surface area contributed by atoms with Crippen molar-refractivity contribution in [1.29, 1.82) is 0 Å². The molecule has 0 bridgehead atoms. The van der Waals surface area contributed by atoms with Crippen LogP contribution in [-0.4, -0.2) is 30.7 Å². The van der Waals surface area contributed by atoms with Crippen molar-refractivity contribution >= 4 is 0 Å². The Hall–Kier alpha value is -0.160. The third kappa shape index (κ3) is 2.71. The van der Waals surface area contributed by atoms with E-state index in [4.69, 9.17) is 11.6 Å². The van der Waals surface area contributed by atoms with Crippen molar-refractivity contribution in [3.8, 4) is 0 Å². The number of nitrogens with two attached hydrogens (primary N) is 2. The van der Waals surface area contributed by atoms with E-state index in [1.54, 1.807) is 0 Å². The van der Waals surface area contributed by atoms with Gasteiger partial charge in [0.1, 0.15) is 0 Å². The van der Waals surface area contributed by atoms with E-state index >= 15 is 0 Å². The Bertz CT molecular complexity index is 118. The van der Waals surface area contributed by atoms with E-state index in [0.29, 0.717) is 6.17 Å². The van der Waals surface area contributed by atoms with Crippen molar-refractivity contribution in [2.75, 3.05) is 19.6 Å². The second kappa shape index (κ2) is 5.48. The molecule has 0 radical (unpaired) electrons. The normalized spacial score (nSPS) is 26.0. The van der Waals surface area contributed by atoms with E-state index in [1.807, 2.05) is 0 Å². The molecule has 1 atom stereocenters. The van der Waals surface area contributed by atoms with Gasteiger partial charge in [0.25, 0.3) is 0 Å². The quantitative estimate of drug-likeness (QED) is 0.399. The molecule has 0 spiro atoms. The first-order chi connectivity index (χ1) is 5.88. The van der Waals surface area contributed by atoms with Crippen LogP contribution in [0.4, 0.5) is 0 Å². The summed E-state index contributed by atoms with van der Waals surface area (Å²) in [4.78, 5) is 2.39. The molecule has 1 aliphatic rings. The maximum absolute atomic E-state index is 5.45. The van der Waals surface area contributed by atoms with E-state index in [1.165, 1.54) is 19.3 Å². The van der Waals surface area contributed by atoms with Gasteiger partial charge in [0.15, 0.2) is 0 Å². The van der Waals surface area contributed by atoms with Crippen molar-refractivity contribution in [2.45, 2.75) is 31.8 Å². The first-order valence-electron chi connectivity index (χ1n) is 4.78. The SMILES string of the molecule is NCCCN1CCCCC1NN. The Labute approximate surface area is 74.2 Å². The van der Waals surface area contributed by atoms with Crippen molar-refractivity contribution < 1.29 is 0 Å². The van der Waals surface area contributed by atoms with Gasteiger partial charge in [-0.15, -0.1) is 0 Å². The number of likely N-dealkylation sites (tertiary alicyclic amines) is 1. The fourth-order valence-electron chi connectivity index (χ4n) is 1.74. The molecule has 12 heavy (non-hydrogen) atoms. The van der Waals surface area contributed by atoms with Gasteiger partial charge in [0.05, 0.1) is 6.17 Å². The van der Waals surface area contributed by atoms with Gasteiger partial charge in [-0.05, 0) is 38.8 Å². The monoisotopic (exact) mass is 172 g/mol. The maximum atomic E-state index is 5.45. The molecule has 1 fully saturated rings. The molecule has 4 nitrogen and oxygen atoms in total. The van der Waals surface area contributed by atoms with Crippen molar-refractivity contribution in [1.82, 2.24) is 10.3 Å². The zero-order chi connectivity index (χ0) is 8.81. The summed E-state index contributed by atoms with van der Waals surface area (Å²) in [5, 5.41) is 0. The molecule has 0 aromatic rings. The van der Waals surface area contributed by atoms with Crippen LogP contribution >= 0.6 is 0 Å². The third-order valence-electron chi connectivity index (χ3n) is 2.46. The molecule has 1 heterocycles. The molecule has 5 N–H and O–H groups in total. The summed E-state index contributed by atoms with van der Waals surface area (Å²) in [5.74, 6) is 5.44. The van der Waals surface area contributed by atoms with Gasteiger partial charge < -0.3 is 5.73 Å². The lowest BCUT2D eigenvalue weighted by Crippen LogP contribution is -2.51. The lowest BCUT2D eigenvalue weighted by Gasteiger charge is -2.34. The number of nitrogens with one attached hydrogen (secondary N) is 1. The number of hydrazine groups is 1. The molecular formula is C8H20N4. The first-order valence-corrected chi connectivity index (χ1v) is 4.78. The summed E-state index contributed by atoms with van der Waals surface area (Å²) in [6.45, 7) is 3.01. The van der Waals surface area contributed by atoms with Crippen LogP contribution in [0.5, 0.6) is 0 Å². The van der Waals surface area contributed by atoms with Gasteiger partial charge in [-0.3, -0.25) is 10.7 Å². The Balaban J connectivity index is 2.26. The maximum Gasteiger partial charge on any atom is 0.0726 e. The van der Waals surface area contributed by atoms with Crippen molar-refractivity contribution in [3.05, 3.63) is 0 Å². The van der Waals surface area contributed by atoms with Gasteiger partial charge >= 0.3 is 0 Å². The van der Waals surface area contributed by atoms with Crippen LogP contribution in [0.25, 0.3) is 0 Å². The van der Waals surface area contributed by atoms with Gasteiger partial charge in [-0.2, -0.15) is 0 Å². The molecule has 1 aliphatic heterocycles. The zero-order valence-corrected chi connectivity index (χ0v) is 7.63. The molecule has 0 aliphatic carbocycles. The lowest BCUT2D eigenvalue weighted by atomic mass is 10.1. The van der Waals surface area contributed by atoms with Crippen LogP contribution in [0.15, 0.2) is 0 Å². The highest BCUT2D eigenvalue weighted by molar-refractivity contribution is 4.72. The van der Waals surface area contributed by atoms with Gasteiger partial charge in [0, 0.05) is 6.54 Å². The summed E-state index contributed by atoms with van der Waals surface area (Å²) in [5.41, 5.74) is 8.30. The second-order valence-corrected chi connectivity index (χ2v) is 3.36. The molecular weight excluding hydrogens is 152 g/mol. The summed E-state index contributed by atoms with van der Waals surface area (Å²) in [6, 6.07) is 0. The van der Waals surface area contributed by atoms with E-state index in [0.717, 1.165) is 26.1 Å². The summed E-state index contributed by atoms with van der Waals surface area (Å²) in [7, 11) is 0. The highest BCUT2D eigenvalue weighted by Crippen LogP contribution is 2.13. The van der Waals surface area contributed by atoms with Crippen LogP contribution in [0.2, 0.25) is 0 Å². The van der Waals surface area contributed by atoms with Crippen molar-refractivity contribution in [2.24, 2.45) is 11.6 Å². The molecule has 4 heteroatoms. The molecule has 0 saturated carbocycles. The zero-order valence-electron chi connectivity index (χ0n) is 7.63. The van der Waals surface area contributed by atoms with Crippen LogP contribution in [0.1, 0.15) is 25.7 Å². The van der Waals surface area contributed by atoms with Gasteiger partial charge in [0.2, 0.25) is 0 Å². The average molecular weight is 172 g/mol. The summed E-state index contributed by atoms with van der Waals surface area (Å²) in [6.07, 6.45) is 5.20. The smallest absolute Gasteiger partial charge is 0.0726 e. The van der Waals surface area contributed by atoms with Gasteiger partial charge in [-0.25, -0.2) is 5.43 Å². The Morgan fingerprint density at radius 1 is 1.42 bits per heavy atom. The number of hydrogen-bond acceptors (Lipinski definition) is 4. The highest BCUT2D eigenvalue weighted by Gasteiger charge is 2.19. The molecule has 72 valence electrons. The summed E-state index contributed by atoms with van der Waals surface area (Å²) < 4.78 is 0. The Kier molecular flexibility index (Phi) is 4.53. The van der Waals surface area contributed by atoms with Crippen LogP contribution in [-0.2, 0) is 0 Å². The van der Waals surface area contributed by atoms with E-state index in [-0.39, 0.29) is 0 Å². The number of piperidine rings is 1. The average Bonchev–Trinajstić information content (AvgIpc) is 2.15. The minimum absolute atomic E-state index is 0.380. The van der Waals surface area contributed by atoms with E-state index in [2.05, 4.69) is 10.3 Å². The third-order valence-corrected chi connectivity index (χ3v) is 2.46. The number of rotatable bonds is 4. The second-order valence-electron chi connectivity index (χ2n) is 3.36. The predicted octanol–water partition coefficient (Wildman–Crippen LogP) is -0.389. The standard InChI is InChI=1S/C8H20N4/c9-5-3-7-12-6-2-1-4-8(12)11-10/h8,11H,1-7,9-10H2. The molecule has 1 unspecified atom stereocenters. The minimum Gasteiger partial charge on any atom is -0.330 e. The number of nitrogens with zero attached hydrogens (tertiary/aromatic N) is 1.